The average Bonchev–Trinajstić information content (AvgIpc) is 3.15. The van der Waals surface area contributed by atoms with Crippen LogP contribution in [-0.4, -0.2) is 24.9 Å². The minimum absolute atomic E-state index is 0.144. The van der Waals surface area contributed by atoms with Crippen molar-refractivity contribution in [1.29, 1.82) is 0 Å². The Hall–Kier alpha value is -1.91. The van der Waals surface area contributed by atoms with Gasteiger partial charge < -0.3 is 10.6 Å². The molecule has 5 heteroatoms. The van der Waals surface area contributed by atoms with Crippen LogP contribution in [0.5, 0.6) is 0 Å². The summed E-state index contributed by atoms with van der Waals surface area (Å²) in [5, 5.41) is 5.72. The molecule has 3 rings (SSSR count). The van der Waals surface area contributed by atoms with Crippen molar-refractivity contribution in [2.24, 2.45) is 5.41 Å². The van der Waals surface area contributed by atoms with Gasteiger partial charge in [-0.2, -0.15) is 0 Å². The third-order valence-corrected chi connectivity index (χ3v) is 5.52. The fraction of sp³-hybridized carbons (Fsp3) is 0.556. The predicted octanol–water partition coefficient (Wildman–Crippen LogP) is 2.28. The summed E-state index contributed by atoms with van der Waals surface area (Å²) in [6, 6.07) is 6.58. The molecule has 1 aromatic carbocycles. The highest BCUT2D eigenvalue weighted by atomic mass is 19.1. The Morgan fingerprint density at radius 3 is 2.43 bits per heavy atom. The van der Waals surface area contributed by atoms with Crippen LogP contribution in [0.25, 0.3) is 0 Å². The number of hydrogen-bond acceptors (Lipinski definition) is 2. The largest absolute Gasteiger partial charge is 0.355 e. The highest BCUT2D eigenvalue weighted by molar-refractivity contribution is 6.05. The smallest absolute Gasteiger partial charge is 0.235 e. The van der Waals surface area contributed by atoms with Crippen molar-refractivity contribution in [3.8, 4) is 0 Å². The molecule has 1 aliphatic carbocycles. The van der Waals surface area contributed by atoms with Gasteiger partial charge in [-0.25, -0.2) is 4.39 Å². The number of carbonyl (C=O) groups excluding carboxylic acids is 2. The first-order chi connectivity index (χ1) is 11.0. The molecule has 1 aromatic rings. The maximum atomic E-state index is 13.2. The van der Waals surface area contributed by atoms with Crippen molar-refractivity contribution in [2.45, 2.75) is 44.4 Å². The molecule has 0 aromatic heterocycles. The lowest BCUT2D eigenvalue weighted by atomic mass is 9.78. The second-order valence-corrected chi connectivity index (χ2v) is 7.02. The normalized spacial score (nSPS) is 26.1. The molecule has 2 N–H and O–H groups in total. The number of rotatable bonds is 4. The summed E-state index contributed by atoms with van der Waals surface area (Å²) >= 11 is 0. The van der Waals surface area contributed by atoms with E-state index in [4.69, 9.17) is 0 Å². The van der Waals surface area contributed by atoms with Crippen molar-refractivity contribution >= 4 is 11.8 Å². The molecule has 0 radical (unpaired) electrons. The standard InChI is InChI=1S/C18H23FN2O2/c1-17(10-11-20-15(17)22)16(23)21-12-18(8-2-3-9-18)13-4-6-14(19)7-5-13/h4-7H,2-3,8-12H2,1H3,(H,20,22)(H,21,23). The average molecular weight is 318 g/mol. The maximum absolute atomic E-state index is 13.2. The zero-order chi connectivity index (χ0) is 16.5. The second-order valence-electron chi connectivity index (χ2n) is 7.02. The summed E-state index contributed by atoms with van der Waals surface area (Å²) in [6.07, 6.45) is 4.68. The van der Waals surface area contributed by atoms with E-state index in [1.807, 2.05) is 12.1 Å². The monoisotopic (exact) mass is 318 g/mol. The third kappa shape index (κ3) is 2.84. The Balaban J connectivity index is 1.74. The predicted molar refractivity (Wildman–Crippen MR) is 85.3 cm³/mol. The molecule has 23 heavy (non-hydrogen) atoms. The van der Waals surface area contributed by atoms with E-state index in [0.717, 1.165) is 31.2 Å². The van der Waals surface area contributed by atoms with Gasteiger partial charge in [0.25, 0.3) is 0 Å². The Kier molecular flexibility index (Phi) is 4.13. The Labute approximate surface area is 135 Å². The minimum atomic E-state index is -0.970. The fourth-order valence-corrected chi connectivity index (χ4v) is 3.82. The summed E-state index contributed by atoms with van der Waals surface area (Å²) in [7, 11) is 0. The first-order valence-corrected chi connectivity index (χ1v) is 8.29. The van der Waals surface area contributed by atoms with E-state index in [-0.39, 0.29) is 23.0 Å². The van der Waals surface area contributed by atoms with Gasteiger partial charge >= 0.3 is 0 Å². The molecular weight excluding hydrogens is 295 g/mol. The molecule has 2 fully saturated rings. The fourth-order valence-electron chi connectivity index (χ4n) is 3.82. The first-order valence-electron chi connectivity index (χ1n) is 8.29. The van der Waals surface area contributed by atoms with Gasteiger partial charge in [0.05, 0.1) is 0 Å². The molecule has 1 unspecified atom stereocenters. The van der Waals surface area contributed by atoms with Gasteiger partial charge in [0.15, 0.2) is 0 Å². The summed E-state index contributed by atoms with van der Waals surface area (Å²) in [5.41, 5.74) is -0.0464. The van der Waals surface area contributed by atoms with Gasteiger partial charge in [0.1, 0.15) is 11.2 Å². The van der Waals surface area contributed by atoms with Gasteiger partial charge in [0.2, 0.25) is 11.8 Å². The molecule has 1 saturated carbocycles. The lowest BCUT2D eigenvalue weighted by Crippen LogP contribution is -2.48. The number of nitrogens with one attached hydrogen (secondary N) is 2. The van der Waals surface area contributed by atoms with Crippen molar-refractivity contribution in [3.63, 3.8) is 0 Å². The van der Waals surface area contributed by atoms with Crippen molar-refractivity contribution < 1.29 is 14.0 Å². The van der Waals surface area contributed by atoms with E-state index in [1.165, 1.54) is 12.1 Å². The van der Waals surface area contributed by atoms with E-state index in [0.29, 0.717) is 19.5 Å². The lowest BCUT2D eigenvalue weighted by Gasteiger charge is -2.31. The number of benzene rings is 1. The van der Waals surface area contributed by atoms with Crippen LogP contribution in [0, 0.1) is 11.2 Å². The van der Waals surface area contributed by atoms with Crippen LogP contribution in [0.3, 0.4) is 0 Å². The molecule has 0 bridgehead atoms. The van der Waals surface area contributed by atoms with Crippen molar-refractivity contribution in [3.05, 3.63) is 35.6 Å². The van der Waals surface area contributed by atoms with Gasteiger partial charge in [-0.05, 0) is 43.9 Å². The summed E-state index contributed by atoms with van der Waals surface area (Å²) < 4.78 is 13.2. The molecule has 0 spiro atoms. The van der Waals surface area contributed by atoms with Crippen LogP contribution in [-0.2, 0) is 15.0 Å². The molecule has 2 amide bonds. The van der Waals surface area contributed by atoms with Crippen molar-refractivity contribution in [1.82, 2.24) is 10.6 Å². The van der Waals surface area contributed by atoms with Crippen LogP contribution < -0.4 is 10.6 Å². The Morgan fingerprint density at radius 2 is 1.87 bits per heavy atom. The van der Waals surface area contributed by atoms with Gasteiger partial charge in [-0.1, -0.05) is 25.0 Å². The summed E-state index contributed by atoms with van der Waals surface area (Å²) in [6.45, 7) is 2.75. The quantitative estimate of drug-likeness (QED) is 0.837. The number of hydrogen-bond donors (Lipinski definition) is 2. The van der Waals surface area contributed by atoms with Gasteiger partial charge in [0, 0.05) is 18.5 Å². The van der Waals surface area contributed by atoms with E-state index in [2.05, 4.69) is 10.6 Å². The molecule has 124 valence electrons. The molecule has 1 aliphatic heterocycles. The maximum Gasteiger partial charge on any atom is 0.235 e. The van der Waals surface area contributed by atoms with E-state index < -0.39 is 5.41 Å². The summed E-state index contributed by atoms with van der Waals surface area (Å²) in [4.78, 5) is 24.4. The van der Waals surface area contributed by atoms with Gasteiger partial charge in [-0.15, -0.1) is 0 Å². The zero-order valence-electron chi connectivity index (χ0n) is 13.5. The molecule has 1 atom stereocenters. The van der Waals surface area contributed by atoms with Crippen LogP contribution in [0.2, 0.25) is 0 Å². The van der Waals surface area contributed by atoms with E-state index >= 15 is 0 Å². The lowest BCUT2D eigenvalue weighted by molar-refractivity contribution is -0.139. The number of amides is 2. The number of halogens is 1. The molecule has 2 aliphatic rings. The van der Waals surface area contributed by atoms with E-state index in [1.54, 1.807) is 6.92 Å². The molecule has 1 saturated heterocycles. The van der Waals surface area contributed by atoms with Crippen LogP contribution in [0.1, 0.15) is 44.6 Å². The first kappa shape index (κ1) is 16.0. The zero-order valence-corrected chi connectivity index (χ0v) is 13.5. The number of carbonyl (C=O) groups is 2. The Morgan fingerprint density at radius 1 is 1.22 bits per heavy atom. The minimum Gasteiger partial charge on any atom is -0.355 e. The van der Waals surface area contributed by atoms with Crippen LogP contribution in [0.4, 0.5) is 4.39 Å². The second kappa shape index (κ2) is 5.95. The van der Waals surface area contributed by atoms with Crippen molar-refractivity contribution in [2.75, 3.05) is 13.1 Å². The topological polar surface area (TPSA) is 58.2 Å². The molecular formula is C18H23FN2O2. The highest BCUT2D eigenvalue weighted by Gasteiger charge is 2.45. The highest BCUT2D eigenvalue weighted by Crippen LogP contribution is 2.41. The third-order valence-electron chi connectivity index (χ3n) is 5.52. The molecule has 1 heterocycles. The van der Waals surface area contributed by atoms with Crippen LogP contribution >= 0.6 is 0 Å². The molecule has 4 nitrogen and oxygen atoms in total. The summed E-state index contributed by atoms with van der Waals surface area (Å²) in [5.74, 6) is -0.654. The van der Waals surface area contributed by atoms with Crippen LogP contribution in [0.15, 0.2) is 24.3 Å². The Bertz CT molecular complexity index is 608. The SMILES string of the molecule is CC1(C(=O)NCC2(c3ccc(F)cc3)CCCC2)CCNC1=O. The van der Waals surface area contributed by atoms with E-state index in [9.17, 15) is 14.0 Å². The van der Waals surface area contributed by atoms with Gasteiger partial charge in [-0.3, -0.25) is 9.59 Å².